The number of rotatable bonds is 6. The number of hydrogen-bond acceptors (Lipinski definition) is 4. The van der Waals surface area contributed by atoms with Crippen LogP contribution in [-0.4, -0.2) is 59.6 Å². The van der Waals surface area contributed by atoms with Crippen LogP contribution in [0.4, 0.5) is 0 Å². The molecule has 6 nitrogen and oxygen atoms in total. The fourth-order valence-corrected chi connectivity index (χ4v) is 1.61. The second-order valence-corrected chi connectivity index (χ2v) is 4.35. The minimum Gasteiger partial charge on any atom is -0.337 e. The smallest absolute Gasteiger partial charge is 0.274 e. The molecule has 1 aromatic heterocycles. The van der Waals surface area contributed by atoms with Gasteiger partial charge in [0.25, 0.3) is 11.5 Å². The topological polar surface area (TPSA) is 69.3 Å². The van der Waals surface area contributed by atoms with E-state index >= 15 is 0 Å². The van der Waals surface area contributed by atoms with Crippen molar-refractivity contribution >= 4 is 5.91 Å². The zero-order valence-electron chi connectivity index (χ0n) is 11.1. The minimum atomic E-state index is -0.304. The second-order valence-electron chi connectivity index (χ2n) is 4.35. The zero-order chi connectivity index (χ0) is 13.5. The maximum absolute atomic E-state index is 12.1. The molecule has 0 saturated heterocycles. The number of H-pyrrole nitrogens is 1. The molecule has 0 saturated carbocycles. The first-order valence-electron chi connectivity index (χ1n) is 6.04. The Balaban J connectivity index is 2.61. The van der Waals surface area contributed by atoms with Crippen molar-refractivity contribution in [1.82, 2.24) is 20.0 Å². The minimum absolute atomic E-state index is 0.146. The number of nitrogens with one attached hydrogen (secondary N) is 1. The summed E-state index contributed by atoms with van der Waals surface area (Å²) in [5.74, 6) is -0.146. The van der Waals surface area contributed by atoms with Crippen molar-refractivity contribution in [3.8, 4) is 0 Å². The summed E-state index contributed by atoms with van der Waals surface area (Å²) < 4.78 is 0. The van der Waals surface area contributed by atoms with E-state index in [0.29, 0.717) is 13.1 Å². The van der Waals surface area contributed by atoms with Gasteiger partial charge in [0.2, 0.25) is 0 Å². The molecule has 0 aliphatic heterocycles. The largest absolute Gasteiger partial charge is 0.337 e. The van der Waals surface area contributed by atoms with Crippen molar-refractivity contribution in [3.05, 3.63) is 28.2 Å². The molecule has 0 radical (unpaired) electrons. The highest BCUT2D eigenvalue weighted by atomic mass is 16.2. The Bertz CT molecular complexity index is 421. The van der Waals surface area contributed by atoms with E-state index < -0.39 is 0 Å². The molecule has 1 rings (SSSR count). The first-order valence-corrected chi connectivity index (χ1v) is 6.04. The second kappa shape index (κ2) is 6.90. The van der Waals surface area contributed by atoms with Crippen LogP contribution in [0.2, 0.25) is 0 Å². The molecule has 18 heavy (non-hydrogen) atoms. The van der Waals surface area contributed by atoms with Gasteiger partial charge in [0, 0.05) is 19.2 Å². The van der Waals surface area contributed by atoms with Gasteiger partial charge in [-0.3, -0.25) is 9.59 Å². The molecular weight excluding hydrogens is 232 g/mol. The van der Waals surface area contributed by atoms with Gasteiger partial charge in [-0.15, -0.1) is 0 Å². The fourth-order valence-electron chi connectivity index (χ4n) is 1.61. The Morgan fingerprint density at radius 1 is 1.33 bits per heavy atom. The van der Waals surface area contributed by atoms with Gasteiger partial charge in [-0.1, -0.05) is 0 Å². The maximum Gasteiger partial charge on any atom is 0.274 e. The number of aromatic amines is 1. The number of nitrogens with zero attached hydrogens (tertiary/aromatic N) is 3. The standard InChI is InChI=1S/C12H20N4O2/c1-4-16(9-5-8-15(2)3)12(18)10-6-7-11(17)14-13-10/h6-7H,4-5,8-9H2,1-3H3,(H,14,17). The Hall–Kier alpha value is -1.69. The molecule has 100 valence electrons. The molecule has 0 unspecified atom stereocenters. The van der Waals surface area contributed by atoms with Gasteiger partial charge in [0.1, 0.15) is 5.69 Å². The Kier molecular flexibility index (Phi) is 5.51. The normalized spacial score (nSPS) is 10.7. The van der Waals surface area contributed by atoms with Crippen LogP contribution in [0.15, 0.2) is 16.9 Å². The van der Waals surface area contributed by atoms with Crippen molar-refractivity contribution < 1.29 is 4.79 Å². The van der Waals surface area contributed by atoms with Crippen LogP contribution in [-0.2, 0) is 0 Å². The van der Waals surface area contributed by atoms with Gasteiger partial charge < -0.3 is 9.80 Å². The van der Waals surface area contributed by atoms with E-state index in [-0.39, 0.29) is 17.2 Å². The quantitative estimate of drug-likeness (QED) is 0.784. The van der Waals surface area contributed by atoms with Crippen molar-refractivity contribution in [1.29, 1.82) is 0 Å². The molecule has 0 aliphatic carbocycles. The average Bonchev–Trinajstić information content (AvgIpc) is 2.34. The molecule has 0 aromatic carbocycles. The Morgan fingerprint density at radius 2 is 2.06 bits per heavy atom. The lowest BCUT2D eigenvalue weighted by Crippen LogP contribution is -2.34. The van der Waals surface area contributed by atoms with Gasteiger partial charge in [0.15, 0.2) is 0 Å². The summed E-state index contributed by atoms with van der Waals surface area (Å²) in [4.78, 5) is 26.8. The van der Waals surface area contributed by atoms with Crippen LogP contribution >= 0.6 is 0 Å². The first-order chi connectivity index (χ1) is 8.54. The third-order valence-corrected chi connectivity index (χ3v) is 2.60. The van der Waals surface area contributed by atoms with E-state index in [9.17, 15) is 9.59 Å². The van der Waals surface area contributed by atoms with Crippen LogP contribution in [0, 0.1) is 0 Å². The van der Waals surface area contributed by atoms with Crippen molar-refractivity contribution in [2.75, 3.05) is 33.7 Å². The molecule has 0 spiro atoms. The maximum atomic E-state index is 12.1. The molecule has 0 bridgehead atoms. The molecule has 0 atom stereocenters. The SMILES string of the molecule is CCN(CCCN(C)C)C(=O)c1ccc(=O)[nH]n1. The van der Waals surface area contributed by atoms with Gasteiger partial charge in [-0.25, -0.2) is 5.10 Å². The number of carbonyl (C=O) groups is 1. The number of aromatic nitrogens is 2. The average molecular weight is 252 g/mol. The van der Waals surface area contributed by atoms with E-state index in [1.165, 1.54) is 12.1 Å². The molecule has 6 heteroatoms. The van der Waals surface area contributed by atoms with E-state index in [4.69, 9.17) is 0 Å². The van der Waals surface area contributed by atoms with E-state index in [1.54, 1.807) is 4.90 Å². The van der Waals surface area contributed by atoms with Crippen LogP contribution < -0.4 is 5.56 Å². The molecule has 1 amide bonds. The monoisotopic (exact) mass is 252 g/mol. The molecule has 1 N–H and O–H groups in total. The van der Waals surface area contributed by atoms with Gasteiger partial charge in [0.05, 0.1) is 0 Å². The van der Waals surface area contributed by atoms with E-state index in [0.717, 1.165) is 13.0 Å². The lowest BCUT2D eigenvalue weighted by Gasteiger charge is -2.21. The summed E-state index contributed by atoms with van der Waals surface area (Å²) >= 11 is 0. The first kappa shape index (κ1) is 14.4. The molecule has 0 aliphatic rings. The summed E-state index contributed by atoms with van der Waals surface area (Å²) in [6, 6.07) is 2.77. The number of amides is 1. The highest BCUT2D eigenvalue weighted by molar-refractivity contribution is 5.92. The van der Waals surface area contributed by atoms with Crippen LogP contribution in [0.1, 0.15) is 23.8 Å². The van der Waals surface area contributed by atoms with Gasteiger partial charge in [-0.05, 0) is 40.1 Å². The van der Waals surface area contributed by atoms with E-state index in [1.807, 2.05) is 21.0 Å². The summed E-state index contributed by atoms with van der Waals surface area (Å²) in [5, 5.41) is 6.02. The Labute approximate surface area is 107 Å². The number of carbonyl (C=O) groups excluding carboxylic acids is 1. The summed E-state index contributed by atoms with van der Waals surface area (Å²) in [7, 11) is 4.00. The fraction of sp³-hybridized carbons (Fsp3) is 0.583. The van der Waals surface area contributed by atoms with Crippen molar-refractivity contribution in [2.45, 2.75) is 13.3 Å². The van der Waals surface area contributed by atoms with Gasteiger partial charge in [-0.2, -0.15) is 5.10 Å². The summed E-state index contributed by atoms with van der Waals surface area (Å²) in [6.45, 7) is 4.18. The third kappa shape index (κ3) is 4.29. The van der Waals surface area contributed by atoms with Crippen LogP contribution in [0.25, 0.3) is 0 Å². The number of hydrogen-bond donors (Lipinski definition) is 1. The predicted molar refractivity (Wildman–Crippen MR) is 69.6 cm³/mol. The lowest BCUT2D eigenvalue weighted by molar-refractivity contribution is 0.0752. The van der Waals surface area contributed by atoms with Crippen molar-refractivity contribution in [2.24, 2.45) is 0 Å². The van der Waals surface area contributed by atoms with E-state index in [2.05, 4.69) is 15.1 Å². The molecule has 0 fully saturated rings. The highest BCUT2D eigenvalue weighted by Gasteiger charge is 2.15. The summed E-state index contributed by atoms with van der Waals surface area (Å²) in [5.41, 5.74) is -0.0245. The summed E-state index contributed by atoms with van der Waals surface area (Å²) in [6.07, 6.45) is 0.913. The Morgan fingerprint density at radius 3 is 2.56 bits per heavy atom. The van der Waals surface area contributed by atoms with Gasteiger partial charge >= 0.3 is 0 Å². The third-order valence-electron chi connectivity index (χ3n) is 2.60. The molecule has 1 aromatic rings. The molecular formula is C12H20N4O2. The molecule has 1 heterocycles. The van der Waals surface area contributed by atoms with Crippen LogP contribution in [0.3, 0.4) is 0 Å². The highest BCUT2D eigenvalue weighted by Crippen LogP contribution is 2.01. The van der Waals surface area contributed by atoms with Crippen molar-refractivity contribution in [3.63, 3.8) is 0 Å². The lowest BCUT2D eigenvalue weighted by atomic mass is 10.3. The predicted octanol–water partition coefficient (Wildman–Crippen LogP) is 0.184. The van der Waals surface area contributed by atoms with Crippen LogP contribution in [0.5, 0.6) is 0 Å². The zero-order valence-corrected chi connectivity index (χ0v) is 11.1.